The van der Waals surface area contributed by atoms with Gasteiger partial charge in [0.2, 0.25) is 5.91 Å². The number of carbonyl (C=O) groups excluding carboxylic acids is 1. The van der Waals surface area contributed by atoms with Crippen LogP contribution in [0.25, 0.3) is 0 Å². The number of hydrogen-bond donors (Lipinski definition) is 1. The fourth-order valence-electron chi connectivity index (χ4n) is 2.77. The number of amides is 1. The van der Waals surface area contributed by atoms with Crippen LogP contribution in [0.1, 0.15) is 38.5 Å². The standard InChI is InChI=1S/C18H27FN2O2/c19-16-6-8-17(9-7-16)23-15-10-18(22)20-11-5-14-21-12-3-1-2-4-13-21/h6-9H,1-5,10-15H2,(H,20,22). The predicted octanol–water partition coefficient (Wildman–Crippen LogP) is 2.98. The zero-order valence-corrected chi connectivity index (χ0v) is 13.7. The number of hydrogen-bond acceptors (Lipinski definition) is 3. The van der Waals surface area contributed by atoms with E-state index in [0.29, 0.717) is 25.3 Å². The molecule has 0 atom stereocenters. The summed E-state index contributed by atoms with van der Waals surface area (Å²) in [6, 6.07) is 5.82. The molecule has 0 aliphatic carbocycles. The van der Waals surface area contributed by atoms with Crippen LogP contribution >= 0.6 is 0 Å². The maximum atomic E-state index is 12.7. The minimum absolute atomic E-state index is 0.00276. The Morgan fingerprint density at radius 2 is 1.83 bits per heavy atom. The third-order valence-corrected chi connectivity index (χ3v) is 4.08. The van der Waals surface area contributed by atoms with E-state index in [4.69, 9.17) is 4.74 Å². The van der Waals surface area contributed by atoms with Gasteiger partial charge < -0.3 is 15.0 Å². The Hall–Kier alpha value is -1.62. The molecule has 0 radical (unpaired) electrons. The number of halogens is 1. The molecule has 1 aliphatic heterocycles. The van der Waals surface area contributed by atoms with Gasteiger partial charge in [0.25, 0.3) is 0 Å². The molecule has 1 fully saturated rings. The largest absolute Gasteiger partial charge is 0.493 e. The SMILES string of the molecule is O=C(CCOc1ccc(F)cc1)NCCCN1CCCCCC1. The summed E-state index contributed by atoms with van der Waals surface area (Å²) in [6.07, 6.45) is 6.61. The van der Waals surface area contributed by atoms with Crippen LogP contribution in [0.4, 0.5) is 4.39 Å². The second-order valence-corrected chi connectivity index (χ2v) is 6.01. The third kappa shape index (κ3) is 7.46. The van der Waals surface area contributed by atoms with E-state index >= 15 is 0 Å². The highest BCUT2D eigenvalue weighted by atomic mass is 19.1. The summed E-state index contributed by atoms with van der Waals surface area (Å²) in [5.74, 6) is 0.294. The van der Waals surface area contributed by atoms with Gasteiger partial charge in [-0.25, -0.2) is 4.39 Å². The molecule has 4 nitrogen and oxygen atoms in total. The molecule has 1 N–H and O–H groups in total. The van der Waals surface area contributed by atoms with E-state index in [0.717, 1.165) is 13.0 Å². The molecular weight excluding hydrogens is 295 g/mol. The molecule has 0 spiro atoms. The molecule has 5 heteroatoms. The first-order valence-corrected chi connectivity index (χ1v) is 8.61. The summed E-state index contributed by atoms with van der Waals surface area (Å²) in [4.78, 5) is 14.2. The molecule has 1 saturated heterocycles. The first-order chi connectivity index (χ1) is 11.2. The highest BCUT2D eigenvalue weighted by Gasteiger charge is 2.08. The second-order valence-electron chi connectivity index (χ2n) is 6.01. The number of benzene rings is 1. The van der Waals surface area contributed by atoms with E-state index < -0.39 is 0 Å². The van der Waals surface area contributed by atoms with Crippen LogP contribution in [0, 0.1) is 5.82 Å². The van der Waals surface area contributed by atoms with E-state index in [2.05, 4.69) is 10.2 Å². The smallest absolute Gasteiger partial charge is 0.223 e. The fourth-order valence-corrected chi connectivity index (χ4v) is 2.77. The second kappa shape index (κ2) is 10.2. The van der Waals surface area contributed by atoms with Crippen molar-refractivity contribution in [3.63, 3.8) is 0 Å². The van der Waals surface area contributed by atoms with Crippen LogP contribution < -0.4 is 10.1 Å². The number of nitrogens with one attached hydrogen (secondary N) is 1. The quantitative estimate of drug-likeness (QED) is 0.748. The molecule has 1 heterocycles. The summed E-state index contributed by atoms with van der Waals surface area (Å²) in [7, 11) is 0. The zero-order valence-electron chi connectivity index (χ0n) is 13.7. The Labute approximate surface area is 138 Å². The van der Waals surface area contributed by atoms with Crippen molar-refractivity contribution in [2.75, 3.05) is 32.8 Å². The highest BCUT2D eigenvalue weighted by Crippen LogP contribution is 2.11. The average molecular weight is 322 g/mol. The molecule has 0 saturated carbocycles. The molecule has 23 heavy (non-hydrogen) atoms. The summed E-state index contributed by atoms with van der Waals surface area (Å²) < 4.78 is 18.2. The number of likely N-dealkylation sites (tertiary alicyclic amines) is 1. The fraction of sp³-hybridized carbons (Fsp3) is 0.611. The first kappa shape index (κ1) is 17.7. The molecule has 128 valence electrons. The van der Waals surface area contributed by atoms with Crippen LogP contribution in [-0.2, 0) is 4.79 Å². The number of ether oxygens (including phenoxy) is 1. The molecule has 1 amide bonds. The Kier molecular flexibility index (Phi) is 7.87. The maximum absolute atomic E-state index is 12.7. The summed E-state index contributed by atoms with van der Waals surface area (Å²) in [6.45, 7) is 4.47. The van der Waals surface area contributed by atoms with Crippen molar-refractivity contribution in [2.45, 2.75) is 38.5 Å². The first-order valence-electron chi connectivity index (χ1n) is 8.61. The van der Waals surface area contributed by atoms with Gasteiger partial charge in [-0.2, -0.15) is 0 Å². The molecule has 1 aliphatic rings. The summed E-state index contributed by atoms with van der Waals surface area (Å²) in [5.41, 5.74) is 0. The molecule has 1 aromatic carbocycles. The van der Waals surface area contributed by atoms with Crippen molar-refractivity contribution in [2.24, 2.45) is 0 Å². The van der Waals surface area contributed by atoms with E-state index in [1.807, 2.05) is 0 Å². The van der Waals surface area contributed by atoms with Crippen molar-refractivity contribution in [3.05, 3.63) is 30.1 Å². The predicted molar refractivity (Wildman–Crippen MR) is 89.0 cm³/mol. The van der Waals surface area contributed by atoms with Gasteiger partial charge in [-0.3, -0.25) is 4.79 Å². The van der Waals surface area contributed by atoms with E-state index in [9.17, 15) is 9.18 Å². The minimum Gasteiger partial charge on any atom is -0.493 e. The molecule has 2 rings (SSSR count). The highest BCUT2D eigenvalue weighted by molar-refractivity contribution is 5.75. The Morgan fingerprint density at radius 3 is 2.52 bits per heavy atom. The van der Waals surface area contributed by atoms with E-state index in [1.165, 1.54) is 50.9 Å². The van der Waals surface area contributed by atoms with Gasteiger partial charge in [0, 0.05) is 6.54 Å². The van der Waals surface area contributed by atoms with Gasteiger partial charge in [-0.1, -0.05) is 12.8 Å². The van der Waals surface area contributed by atoms with Gasteiger partial charge in [0.05, 0.1) is 13.0 Å². The lowest BCUT2D eigenvalue weighted by molar-refractivity contribution is -0.121. The molecule has 0 unspecified atom stereocenters. The molecular formula is C18H27FN2O2. The Bertz CT molecular complexity index is 457. The molecule has 0 aromatic heterocycles. The van der Waals surface area contributed by atoms with Gasteiger partial charge in [0.15, 0.2) is 0 Å². The lowest BCUT2D eigenvalue weighted by atomic mass is 10.2. The van der Waals surface area contributed by atoms with Gasteiger partial charge in [0.1, 0.15) is 11.6 Å². The lowest BCUT2D eigenvalue weighted by Gasteiger charge is -2.19. The molecule has 1 aromatic rings. The third-order valence-electron chi connectivity index (χ3n) is 4.08. The van der Waals surface area contributed by atoms with Crippen molar-refractivity contribution >= 4 is 5.91 Å². The van der Waals surface area contributed by atoms with Crippen molar-refractivity contribution in [3.8, 4) is 5.75 Å². The van der Waals surface area contributed by atoms with E-state index in [-0.39, 0.29) is 11.7 Å². The van der Waals surface area contributed by atoms with Gasteiger partial charge in [-0.05, 0) is 63.2 Å². The zero-order chi connectivity index (χ0) is 16.3. The Balaban J connectivity index is 1.50. The monoisotopic (exact) mass is 322 g/mol. The van der Waals surface area contributed by atoms with Crippen molar-refractivity contribution in [1.29, 1.82) is 0 Å². The number of carbonyl (C=O) groups is 1. The van der Waals surface area contributed by atoms with Gasteiger partial charge in [-0.15, -0.1) is 0 Å². The Morgan fingerprint density at radius 1 is 1.13 bits per heavy atom. The number of nitrogens with zero attached hydrogens (tertiary/aromatic N) is 1. The van der Waals surface area contributed by atoms with Crippen LogP contribution in [0.3, 0.4) is 0 Å². The summed E-state index contributed by atoms with van der Waals surface area (Å²) >= 11 is 0. The van der Waals surface area contributed by atoms with Crippen LogP contribution in [-0.4, -0.2) is 43.6 Å². The van der Waals surface area contributed by atoms with Gasteiger partial charge >= 0.3 is 0 Å². The number of rotatable bonds is 8. The lowest BCUT2D eigenvalue weighted by Crippen LogP contribution is -2.31. The normalized spacial score (nSPS) is 15.9. The van der Waals surface area contributed by atoms with E-state index in [1.54, 1.807) is 12.1 Å². The minimum atomic E-state index is -0.292. The molecule has 0 bridgehead atoms. The van der Waals surface area contributed by atoms with Crippen molar-refractivity contribution in [1.82, 2.24) is 10.2 Å². The average Bonchev–Trinajstić information content (AvgIpc) is 2.82. The maximum Gasteiger partial charge on any atom is 0.223 e. The topological polar surface area (TPSA) is 41.6 Å². The summed E-state index contributed by atoms with van der Waals surface area (Å²) in [5, 5.41) is 2.93. The van der Waals surface area contributed by atoms with Crippen LogP contribution in [0.5, 0.6) is 5.75 Å². The van der Waals surface area contributed by atoms with Crippen LogP contribution in [0.15, 0.2) is 24.3 Å². The van der Waals surface area contributed by atoms with Crippen molar-refractivity contribution < 1.29 is 13.9 Å². The van der Waals surface area contributed by atoms with Crippen LogP contribution in [0.2, 0.25) is 0 Å².